The highest BCUT2D eigenvalue weighted by Crippen LogP contribution is 2.25. The van der Waals surface area contributed by atoms with Crippen molar-refractivity contribution in [2.45, 2.75) is 72.4 Å². The van der Waals surface area contributed by atoms with Crippen molar-refractivity contribution in [1.29, 1.82) is 0 Å². The summed E-state index contributed by atoms with van der Waals surface area (Å²) >= 11 is 0. The van der Waals surface area contributed by atoms with Gasteiger partial charge in [0.25, 0.3) is 0 Å². The average molecular weight is 296 g/mol. The number of likely N-dealkylation sites (tertiary alicyclic amines) is 1. The van der Waals surface area contributed by atoms with Gasteiger partial charge in [-0.2, -0.15) is 0 Å². The van der Waals surface area contributed by atoms with Crippen LogP contribution in [-0.2, 0) is 14.4 Å². The Morgan fingerprint density at radius 3 is 2.14 bits per heavy atom. The zero-order valence-corrected chi connectivity index (χ0v) is 14.1. The van der Waals surface area contributed by atoms with Crippen LogP contribution in [0, 0.1) is 5.41 Å². The summed E-state index contributed by atoms with van der Waals surface area (Å²) < 4.78 is 0. The number of ketones is 1. The van der Waals surface area contributed by atoms with Crippen LogP contribution in [0.4, 0.5) is 0 Å². The van der Waals surface area contributed by atoms with Gasteiger partial charge in [0, 0.05) is 18.5 Å². The number of Topliss-reactive ketones (excluding diaryl/α,β-unsaturated/α-hetero) is 1. The second-order valence-corrected chi connectivity index (χ2v) is 8.06. The molecule has 1 aliphatic rings. The molecule has 120 valence electrons. The quantitative estimate of drug-likeness (QED) is 0.791. The predicted molar refractivity (Wildman–Crippen MR) is 81.7 cm³/mol. The Balaban J connectivity index is 2.75. The Bertz CT molecular complexity index is 430. The van der Waals surface area contributed by atoms with E-state index in [4.69, 9.17) is 0 Å². The fourth-order valence-electron chi connectivity index (χ4n) is 2.51. The number of amides is 2. The summed E-state index contributed by atoms with van der Waals surface area (Å²) in [6, 6.07) is -0.442. The summed E-state index contributed by atoms with van der Waals surface area (Å²) in [6.07, 6.45) is 1.85. The topological polar surface area (TPSA) is 66.5 Å². The summed E-state index contributed by atoms with van der Waals surface area (Å²) in [4.78, 5) is 38.0. The van der Waals surface area contributed by atoms with Gasteiger partial charge in [0.05, 0.1) is 6.04 Å². The van der Waals surface area contributed by atoms with Gasteiger partial charge in [-0.3, -0.25) is 14.4 Å². The minimum absolute atomic E-state index is 0.0527. The van der Waals surface area contributed by atoms with Gasteiger partial charge < -0.3 is 10.2 Å². The van der Waals surface area contributed by atoms with Gasteiger partial charge in [-0.05, 0) is 39.0 Å². The average Bonchev–Trinajstić information content (AvgIpc) is 2.71. The van der Waals surface area contributed by atoms with E-state index in [1.54, 1.807) is 0 Å². The van der Waals surface area contributed by atoms with Crippen LogP contribution in [0.25, 0.3) is 0 Å². The first-order valence-electron chi connectivity index (χ1n) is 7.56. The largest absolute Gasteiger partial charge is 0.343 e. The van der Waals surface area contributed by atoms with Gasteiger partial charge in [0.1, 0.15) is 0 Å². The molecule has 0 saturated carbocycles. The highest BCUT2D eigenvalue weighted by molar-refractivity contribution is 6.35. The van der Waals surface area contributed by atoms with E-state index in [0.717, 1.165) is 6.42 Å². The van der Waals surface area contributed by atoms with E-state index >= 15 is 0 Å². The van der Waals surface area contributed by atoms with Crippen LogP contribution in [-0.4, -0.2) is 40.6 Å². The van der Waals surface area contributed by atoms with Crippen molar-refractivity contribution in [2.24, 2.45) is 5.41 Å². The maximum atomic E-state index is 12.4. The zero-order chi connectivity index (χ0) is 16.4. The lowest BCUT2D eigenvalue weighted by atomic mass is 9.87. The van der Waals surface area contributed by atoms with Crippen molar-refractivity contribution >= 4 is 17.6 Å². The molecule has 1 unspecified atom stereocenters. The van der Waals surface area contributed by atoms with Gasteiger partial charge in [-0.1, -0.05) is 20.8 Å². The Labute approximate surface area is 127 Å². The first-order chi connectivity index (χ1) is 9.41. The third-order valence-electron chi connectivity index (χ3n) is 3.27. The van der Waals surface area contributed by atoms with E-state index in [-0.39, 0.29) is 11.2 Å². The summed E-state index contributed by atoms with van der Waals surface area (Å²) in [5.74, 6) is -1.16. The van der Waals surface area contributed by atoms with Gasteiger partial charge in [-0.25, -0.2) is 0 Å². The summed E-state index contributed by atoms with van der Waals surface area (Å²) in [5.41, 5.74) is -0.570. The molecular formula is C16H28N2O3. The number of carbonyl (C=O) groups excluding carboxylic acids is 3. The summed E-state index contributed by atoms with van der Waals surface area (Å²) in [7, 11) is 0. The molecular weight excluding hydrogens is 268 g/mol. The van der Waals surface area contributed by atoms with Gasteiger partial charge >= 0.3 is 11.8 Å². The minimum Gasteiger partial charge on any atom is -0.343 e. The molecule has 1 heterocycles. The molecule has 0 radical (unpaired) electrons. The highest BCUT2D eigenvalue weighted by Gasteiger charge is 2.38. The van der Waals surface area contributed by atoms with Crippen LogP contribution in [0.5, 0.6) is 0 Å². The van der Waals surface area contributed by atoms with Gasteiger partial charge in [-0.15, -0.1) is 0 Å². The van der Waals surface area contributed by atoms with Crippen molar-refractivity contribution in [3.63, 3.8) is 0 Å². The zero-order valence-electron chi connectivity index (χ0n) is 14.1. The normalized spacial score (nSPS) is 19.5. The molecule has 5 heteroatoms. The van der Waals surface area contributed by atoms with E-state index in [1.165, 1.54) is 4.90 Å². The van der Waals surface area contributed by atoms with Crippen molar-refractivity contribution in [2.75, 3.05) is 6.54 Å². The smallest absolute Gasteiger partial charge is 0.312 e. The Kier molecular flexibility index (Phi) is 5.18. The van der Waals surface area contributed by atoms with Crippen molar-refractivity contribution < 1.29 is 14.4 Å². The monoisotopic (exact) mass is 296 g/mol. The second kappa shape index (κ2) is 6.16. The number of nitrogens with one attached hydrogen (secondary N) is 1. The number of hydrogen-bond donors (Lipinski definition) is 1. The molecule has 0 aliphatic carbocycles. The molecule has 1 rings (SSSR count). The predicted octanol–water partition coefficient (Wildman–Crippen LogP) is 1.90. The third-order valence-corrected chi connectivity index (χ3v) is 3.27. The Morgan fingerprint density at radius 2 is 1.67 bits per heavy atom. The van der Waals surface area contributed by atoms with E-state index in [9.17, 15) is 14.4 Å². The molecule has 0 bridgehead atoms. The maximum Gasteiger partial charge on any atom is 0.312 e. The van der Waals surface area contributed by atoms with Gasteiger partial charge in [0.2, 0.25) is 0 Å². The molecule has 21 heavy (non-hydrogen) atoms. The van der Waals surface area contributed by atoms with Crippen LogP contribution in [0.1, 0.15) is 60.8 Å². The number of carbonyl (C=O) groups is 3. The van der Waals surface area contributed by atoms with Crippen molar-refractivity contribution in [3.8, 4) is 0 Å². The summed E-state index contributed by atoms with van der Waals surface area (Å²) in [5, 5.41) is 2.66. The Hall–Kier alpha value is -1.39. The van der Waals surface area contributed by atoms with E-state index in [0.29, 0.717) is 19.4 Å². The number of hydrogen-bond acceptors (Lipinski definition) is 3. The molecule has 1 N–H and O–H groups in total. The molecule has 0 aromatic heterocycles. The van der Waals surface area contributed by atoms with Gasteiger partial charge in [0.15, 0.2) is 5.78 Å². The van der Waals surface area contributed by atoms with Crippen LogP contribution in [0.2, 0.25) is 0 Å². The van der Waals surface area contributed by atoms with E-state index in [1.807, 2.05) is 41.5 Å². The highest BCUT2D eigenvalue weighted by atomic mass is 16.2. The minimum atomic E-state index is -0.627. The molecule has 0 aromatic carbocycles. The standard InChI is InChI=1S/C16H28N2O3/c1-15(2,3)10-12(19)11-8-7-9-18(11)14(21)13(20)17-16(4,5)6/h11H,7-10H2,1-6H3,(H,17,20). The van der Waals surface area contributed by atoms with Crippen molar-refractivity contribution in [1.82, 2.24) is 10.2 Å². The SMILES string of the molecule is CC(C)(C)CC(=O)C1CCCN1C(=O)C(=O)NC(C)(C)C. The van der Waals surface area contributed by atoms with Crippen LogP contribution in [0.15, 0.2) is 0 Å². The van der Waals surface area contributed by atoms with Crippen LogP contribution < -0.4 is 5.32 Å². The van der Waals surface area contributed by atoms with Crippen LogP contribution in [0.3, 0.4) is 0 Å². The van der Waals surface area contributed by atoms with Crippen molar-refractivity contribution in [3.05, 3.63) is 0 Å². The molecule has 5 nitrogen and oxygen atoms in total. The molecule has 1 atom stereocenters. The first-order valence-corrected chi connectivity index (χ1v) is 7.56. The number of nitrogens with zero attached hydrogens (tertiary/aromatic N) is 1. The lowest BCUT2D eigenvalue weighted by molar-refractivity contribution is -0.149. The lowest BCUT2D eigenvalue weighted by Gasteiger charge is -2.27. The molecule has 0 spiro atoms. The number of rotatable bonds is 2. The molecule has 1 saturated heterocycles. The fraction of sp³-hybridized carbons (Fsp3) is 0.812. The molecule has 1 fully saturated rings. The third kappa shape index (κ3) is 5.48. The van der Waals surface area contributed by atoms with E-state index < -0.39 is 23.4 Å². The summed E-state index contributed by atoms with van der Waals surface area (Å²) in [6.45, 7) is 11.9. The molecule has 2 amide bonds. The maximum absolute atomic E-state index is 12.4. The van der Waals surface area contributed by atoms with E-state index in [2.05, 4.69) is 5.32 Å². The molecule has 1 aliphatic heterocycles. The Morgan fingerprint density at radius 1 is 1.10 bits per heavy atom. The first kappa shape index (κ1) is 17.7. The fourth-order valence-corrected chi connectivity index (χ4v) is 2.51. The second-order valence-electron chi connectivity index (χ2n) is 8.06. The lowest BCUT2D eigenvalue weighted by Crippen LogP contribution is -2.52. The molecule has 0 aromatic rings. The van der Waals surface area contributed by atoms with Crippen LogP contribution >= 0.6 is 0 Å².